The van der Waals surface area contributed by atoms with E-state index in [0.29, 0.717) is 31.7 Å². The van der Waals surface area contributed by atoms with E-state index in [4.69, 9.17) is 5.26 Å². The Hall–Kier alpha value is -2.20. The number of nitriles is 1. The van der Waals surface area contributed by atoms with E-state index < -0.39 is 10.0 Å². The van der Waals surface area contributed by atoms with Crippen molar-refractivity contribution in [3.63, 3.8) is 0 Å². The van der Waals surface area contributed by atoms with Crippen LogP contribution in [0.3, 0.4) is 0 Å². The molecule has 2 aromatic rings. The fraction of sp³-hybridized carbons (Fsp3) is 0.316. The normalized spacial score (nSPS) is 16.4. The van der Waals surface area contributed by atoms with Gasteiger partial charge in [-0.05, 0) is 23.3 Å². The van der Waals surface area contributed by atoms with E-state index >= 15 is 0 Å². The molecule has 1 fully saturated rings. The molecule has 0 spiro atoms. The summed E-state index contributed by atoms with van der Waals surface area (Å²) in [4.78, 5) is 2.23. The summed E-state index contributed by atoms with van der Waals surface area (Å²) in [5, 5.41) is 8.98. The predicted octanol–water partition coefficient (Wildman–Crippen LogP) is 2.21. The number of benzene rings is 2. The second-order valence-electron chi connectivity index (χ2n) is 6.23. The lowest BCUT2D eigenvalue weighted by molar-refractivity contribution is 0.181. The first-order valence-corrected chi connectivity index (χ1v) is 9.91. The van der Waals surface area contributed by atoms with Crippen molar-refractivity contribution in [1.82, 2.24) is 9.21 Å². The molecular formula is C19H21N3O2S. The fourth-order valence-electron chi connectivity index (χ4n) is 3.04. The van der Waals surface area contributed by atoms with Gasteiger partial charge in [0.1, 0.15) is 0 Å². The topological polar surface area (TPSA) is 64.4 Å². The summed E-state index contributed by atoms with van der Waals surface area (Å²) in [7, 11) is -3.28. The van der Waals surface area contributed by atoms with E-state index in [0.717, 1.165) is 17.7 Å². The Morgan fingerprint density at radius 1 is 0.920 bits per heavy atom. The van der Waals surface area contributed by atoms with Crippen LogP contribution in [0.25, 0.3) is 0 Å². The average Bonchev–Trinajstić information content (AvgIpc) is 2.63. The van der Waals surface area contributed by atoms with E-state index in [9.17, 15) is 8.42 Å². The van der Waals surface area contributed by atoms with Gasteiger partial charge < -0.3 is 0 Å². The van der Waals surface area contributed by atoms with Gasteiger partial charge in [-0.2, -0.15) is 9.57 Å². The van der Waals surface area contributed by atoms with Crippen LogP contribution >= 0.6 is 0 Å². The molecule has 2 aromatic carbocycles. The molecule has 5 nitrogen and oxygen atoms in total. The standard InChI is InChI=1S/C19H21N3O2S/c20-14-18-7-4-8-19(13-18)15-21-9-11-22(12-10-21)25(23,24)16-17-5-2-1-3-6-17/h1-8,13H,9-12,15-16H2. The third-order valence-corrected chi connectivity index (χ3v) is 6.23. The number of hydrogen-bond acceptors (Lipinski definition) is 4. The predicted molar refractivity (Wildman–Crippen MR) is 97.1 cm³/mol. The maximum atomic E-state index is 12.6. The molecule has 0 aliphatic carbocycles. The first-order valence-electron chi connectivity index (χ1n) is 8.30. The minimum Gasteiger partial charge on any atom is -0.296 e. The van der Waals surface area contributed by atoms with Crippen molar-refractivity contribution in [2.75, 3.05) is 26.2 Å². The van der Waals surface area contributed by atoms with Crippen molar-refractivity contribution < 1.29 is 8.42 Å². The van der Waals surface area contributed by atoms with Crippen LogP contribution < -0.4 is 0 Å². The summed E-state index contributed by atoms with van der Waals surface area (Å²) in [5.41, 5.74) is 2.56. The lowest BCUT2D eigenvalue weighted by Gasteiger charge is -2.34. The molecule has 0 aromatic heterocycles. The Labute approximate surface area is 149 Å². The lowest BCUT2D eigenvalue weighted by Crippen LogP contribution is -2.48. The van der Waals surface area contributed by atoms with Gasteiger partial charge in [0, 0.05) is 32.7 Å². The molecule has 1 heterocycles. The summed E-state index contributed by atoms with van der Waals surface area (Å²) in [6, 6.07) is 19.0. The molecule has 3 rings (SSSR count). The minimum absolute atomic E-state index is 0.0536. The Bertz CT molecular complexity index is 852. The van der Waals surface area contributed by atoms with E-state index in [1.165, 1.54) is 0 Å². The van der Waals surface area contributed by atoms with Crippen molar-refractivity contribution in [2.24, 2.45) is 0 Å². The van der Waals surface area contributed by atoms with Crippen molar-refractivity contribution in [2.45, 2.75) is 12.3 Å². The molecule has 0 amide bonds. The zero-order chi connectivity index (χ0) is 17.7. The second kappa shape index (κ2) is 7.79. The molecule has 25 heavy (non-hydrogen) atoms. The highest BCUT2D eigenvalue weighted by Gasteiger charge is 2.27. The monoisotopic (exact) mass is 355 g/mol. The highest BCUT2D eigenvalue weighted by atomic mass is 32.2. The Kier molecular flexibility index (Phi) is 5.49. The van der Waals surface area contributed by atoms with Gasteiger partial charge in [0.25, 0.3) is 0 Å². The molecule has 0 radical (unpaired) electrons. The molecule has 6 heteroatoms. The minimum atomic E-state index is -3.28. The van der Waals surface area contributed by atoms with Crippen LogP contribution in [-0.2, 0) is 22.3 Å². The van der Waals surface area contributed by atoms with Crippen LogP contribution in [0.4, 0.5) is 0 Å². The highest BCUT2D eigenvalue weighted by Crippen LogP contribution is 2.15. The number of piperazine rings is 1. The summed E-state index contributed by atoms with van der Waals surface area (Å²) >= 11 is 0. The first-order chi connectivity index (χ1) is 12.1. The van der Waals surface area contributed by atoms with E-state index in [-0.39, 0.29) is 5.75 Å². The van der Waals surface area contributed by atoms with Crippen LogP contribution in [0.5, 0.6) is 0 Å². The Balaban J connectivity index is 1.57. The molecule has 0 bridgehead atoms. The molecule has 130 valence electrons. The average molecular weight is 355 g/mol. The van der Waals surface area contributed by atoms with Gasteiger partial charge >= 0.3 is 0 Å². The van der Waals surface area contributed by atoms with E-state index in [1.54, 1.807) is 10.4 Å². The van der Waals surface area contributed by atoms with Gasteiger partial charge in [0.2, 0.25) is 10.0 Å². The van der Waals surface area contributed by atoms with Crippen molar-refractivity contribution in [3.05, 3.63) is 71.3 Å². The maximum Gasteiger partial charge on any atom is 0.218 e. The maximum absolute atomic E-state index is 12.6. The molecule has 1 aliphatic rings. The van der Waals surface area contributed by atoms with Gasteiger partial charge in [0.05, 0.1) is 17.4 Å². The Morgan fingerprint density at radius 3 is 2.28 bits per heavy atom. The van der Waals surface area contributed by atoms with Gasteiger partial charge in [-0.3, -0.25) is 4.90 Å². The number of sulfonamides is 1. The summed E-state index contributed by atoms with van der Waals surface area (Å²) < 4.78 is 26.7. The van der Waals surface area contributed by atoms with Gasteiger partial charge in [-0.25, -0.2) is 8.42 Å². The quantitative estimate of drug-likeness (QED) is 0.825. The van der Waals surface area contributed by atoms with Crippen LogP contribution in [0.15, 0.2) is 54.6 Å². The van der Waals surface area contributed by atoms with Crippen LogP contribution in [0, 0.1) is 11.3 Å². The third kappa shape index (κ3) is 4.67. The second-order valence-corrected chi connectivity index (χ2v) is 8.20. The fourth-order valence-corrected chi connectivity index (χ4v) is 4.56. The van der Waals surface area contributed by atoms with Gasteiger partial charge in [-0.15, -0.1) is 0 Å². The van der Waals surface area contributed by atoms with Crippen LogP contribution in [0.2, 0.25) is 0 Å². The van der Waals surface area contributed by atoms with Crippen LogP contribution in [-0.4, -0.2) is 43.8 Å². The summed E-state index contributed by atoms with van der Waals surface area (Å²) in [6.07, 6.45) is 0. The highest BCUT2D eigenvalue weighted by molar-refractivity contribution is 7.88. The van der Waals surface area contributed by atoms with E-state index in [1.807, 2.05) is 48.5 Å². The van der Waals surface area contributed by atoms with Crippen LogP contribution in [0.1, 0.15) is 16.7 Å². The molecular weight excluding hydrogens is 334 g/mol. The van der Waals surface area contributed by atoms with Gasteiger partial charge in [0.15, 0.2) is 0 Å². The SMILES string of the molecule is N#Cc1cccc(CN2CCN(S(=O)(=O)Cc3ccccc3)CC2)c1. The van der Waals surface area contributed by atoms with Gasteiger partial charge in [-0.1, -0.05) is 42.5 Å². The summed E-state index contributed by atoms with van der Waals surface area (Å²) in [6.45, 7) is 3.15. The first kappa shape index (κ1) is 17.6. The zero-order valence-corrected chi connectivity index (χ0v) is 14.8. The Morgan fingerprint density at radius 2 is 1.60 bits per heavy atom. The summed E-state index contributed by atoms with van der Waals surface area (Å²) in [5.74, 6) is 0.0536. The largest absolute Gasteiger partial charge is 0.296 e. The van der Waals surface area contributed by atoms with Crippen molar-refractivity contribution in [3.8, 4) is 6.07 Å². The third-order valence-electron chi connectivity index (χ3n) is 4.38. The van der Waals surface area contributed by atoms with E-state index in [2.05, 4.69) is 11.0 Å². The zero-order valence-electron chi connectivity index (χ0n) is 14.0. The molecule has 0 N–H and O–H groups in total. The molecule has 1 aliphatic heterocycles. The molecule has 0 unspecified atom stereocenters. The smallest absolute Gasteiger partial charge is 0.218 e. The number of nitrogens with zero attached hydrogens (tertiary/aromatic N) is 3. The molecule has 1 saturated heterocycles. The van der Waals surface area contributed by atoms with Crippen molar-refractivity contribution in [1.29, 1.82) is 5.26 Å². The number of rotatable bonds is 5. The lowest BCUT2D eigenvalue weighted by atomic mass is 10.1. The molecule has 0 saturated carbocycles. The van der Waals surface area contributed by atoms with Crippen molar-refractivity contribution >= 4 is 10.0 Å². The number of hydrogen-bond donors (Lipinski definition) is 0. The molecule has 0 atom stereocenters.